The van der Waals surface area contributed by atoms with Crippen LogP contribution in [-0.4, -0.2) is 5.16 Å². The van der Waals surface area contributed by atoms with Crippen LogP contribution >= 0.6 is 0 Å². The van der Waals surface area contributed by atoms with Gasteiger partial charge in [-0.2, -0.15) is 0 Å². The average Bonchev–Trinajstić information content (AvgIpc) is 3.08. The number of allylic oxidation sites excluding steroid dienone is 3. The van der Waals surface area contributed by atoms with Crippen LogP contribution in [0.3, 0.4) is 0 Å². The van der Waals surface area contributed by atoms with Gasteiger partial charge >= 0.3 is 0 Å². The van der Waals surface area contributed by atoms with Gasteiger partial charge in [0.1, 0.15) is 0 Å². The summed E-state index contributed by atoms with van der Waals surface area (Å²) in [6.45, 7) is 7.46. The Kier molecular flexibility index (Phi) is 2.69. The minimum atomic E-state index is 0.326. The Morgan fingerprint density at radius 1 is 1.13 bits per heavy atom. The second-order valence-corrected chi connectivity index (χ2v) is 9.16. The first-order valence-corrected chi connectivity index (χ1v) is 9.36. The van der Waals surface area contributed by atoms with Gasteiger partial charge in [0.2, 0.25) is 0 Å². The molecule has 0 aliphatic heterocycles. The quantitative estimate of drug-likeness (QED) is 0.587. The maximum Gasteiger partial charge on any atom is 0.162 e. The van der Waals surface area contributed by atoms with Crippen molar-refractivity contribution in [1.82, 2.24) is 5.16 Å². The van der Waals surface area contributed by atoms with Crippen molar-refractivity contribution in [3.63, 3.8) is 0 Å². The maximum atomic E-state index is 5.45. The lowest BCUT2D eigenvalue weighted by Crippen LogP contribution is -2.44. The van der Waals surface area contributed by atoms with E-state index in [0.717, 1.165) is 24.0 Å². The number of rotatable bonds is 0. The van der Waals surface area contributed by atoms with Crippen LogP contribution < -0.4 is 0 Å². The Morgan fingerprint density at radius 2 is 2.00 bits per heavy atom. The van der Waals surface area contributed by atoms with Gasteiger partial charge in [0, 0.05) is 5.56 Å². The van der Waals surface area contributed by atoms with E-state index in [1.807, 2.05) is 17.3 Å². The summed E-state index contributed by atoms with van der Waals surface area (Å²) in [5, 5.41) is 4.04. The Balaban J connectivity index is 1.57. The third-order valence-electron chi connectivity index (χ3n) is 7.68. The highest BCUT2D eigenvalue weighted by Gasteiger charge is 2.51. The van der Waals surface area contributed by atoms with E-state index in [0.29, 0.717) is 10.8 Å². The molecule has 23 heavy (non-hydrogen) atoms. The van der Waals surface area contributed by atoms with Crippen LogP contribution in [0.2, 0.25) is 0 Å². The summed E-state index contributed by atoms with van der Waals surface area (Å²) in [6, 6.07) is 0. The van der Waals surface area contributed by atoms with Crippen molar-refractivity contribution in [2.24, 2.45) is 22.7 Å². The van der Waals surface area contributed by atoms with Crippen LogP contribution in [0.1, 0.15) is 70.6 Å². The molecule has 0 saturated heterocycles. The highest BCUT2D eigenvalue weighted by molar-refractivity contribution is 5.58. The lowest BCUT2D eigenvalue weighted by atomic mass is 9.52. The van der Waals surface area contributed by atoms with E-state index in [-0.39, 0.29) is 0 Å². The second kappa shape index (κ2) is 4.40. The van der Waals surface area contributed by atoms with Gasteiger partial charge in [-0.25, -0.2) is 0 Å². The van der Waals surface area contributed by atoms with Gasteiger partial charge in [0.15, 0.2) is 5.76 Å². The molecule has 3 atom stereocenters. The normalized spacial score (nSPS) is 37.6. The van der Waals surface area contributed by atoms with Gasteiger partial charge in [0.05, 0.1) is 6.20 Å². The van der Waals surface area contributed by atoms with Crippen LogP contribution in [0, 0.1) is 22.7 Å². The molecule has 2 heteroatoms. The first-order chi connectivity index (χ1) is 11.0. The molecule has 4 aliphatic rings. The van der Waals surface area contributed by atoms with Gasteiger partial charge in [-0.15, -0.1) is 0 Å². The summed E-state index contributed by atoms with van der Waals surface area (Å²) in [6.07, 6.45) is 13.4. The number of nitrogens with zero attached hydrogens (tertiary/aromatic N) is 1. The summed E-state index contributed by atoms with van der Waals surface area (Å²) in [7, 11) is 0. The van der Waals surface area contributed by atoms with Crippen LogP contribution in [0.15, 0.2) is 27.4 Å². The van der Waals surface area contributed by atoms with E-state index in [4.69, 9.17) is 4.52 Å². The fraction of sp³-hybridized carbons (Fsp3) is 0.667. The summed E-state index contributed by atoms with van der Waals surface area (Å²) in [5.74, 6) is 2.68. The smallest absolute Gasteiger partial charge is 0.162 e. The molecule has 4 aliphatic carbocycles. The Bertz CT molecular complexity index is 735. The molecule has 122 valence electrons. The first-order valence-electron chi connectivity index (χ1n) is 9.36. The lowest BCUT2D eigenvalue weighted by molar-refractivity contribution is 0.110. The van der Waals surface area contributed by atoms with Crippen LogP contribution in [0.25, 0.3) is 6.08 Å². The average molecular weight is 309 g/mol. The molecule has 0 aromatic carbocycles. The van der Waals surface area contributed by atoms with Gasteiger partial charge in [-0.3, -0.25) is 0 Å². The molecule has 0 N–H and O–H groups in total. The Labute approximate surface area is 139 Å². The minimum Gasteiger partial charge on any atom is -0.357 e. The van der Waals surface area contributed by atoms with E-state index in [1.54, 1.807) is 5.57 Å². The highest BCUT2D eigenvalue weighted by atomic mass is 16.5. The largest absolute Gasteiger partial charge is 0.357 e. The van der Waals surface area contributed by atoms with E-state index < -0.39 is 0 Å². The molecule has 1 heterocycles. The third kappa shape index (κ3) is 1.78. The molecule has 0 bridgehead atoms. The molecule has 5 rings (SSSR count). The standard InChI is InChI=1S/C21H27NO/c1-20(2)9-8-16-15-5-4-14-10-19-13(12-22-23-19)11-21(14,3)18(15)7-6-17(16)20/h10,12,15,18H,4-9,11H2,1-3H3. The van der Waals surface area contributed by atoms with Crippen molar-refractivity contribution >= 4 is 6.08 Å². The van der Waals surface area contributed by atoms with Crippen molar-refractivity contribution in [2.45, 2.75) is 65.7 Å². The van der Waals surface area contributed by atoms with E-state index in [2.05, 4.69) is 32.0 Å². The molecular formula is C21H27NO. The summed E-state index contributed by atoms with van der Waals surface area (Å²) < 4.78 is 5.45. The number of aromatic nitrogens is 1. The summed E-state index contributed by atoms with van der Waals surface area (Å²) in [5.41, 5.74) is 7.43. The molecule has 2 nitrogen and oxygen atoms in total. The number of hydrogen-bond donors (Lipinski definition) is 0. The van der Waals surface area contributed by atoms with Gasteiger partial charge in [-0.05, 0) is 73.7 Å². The molecule has 1 saturated carbocycles. The van der Waals surface area contributed by atoms with Crippen molar-refractivity contribution in [3.05, 3.63) is 34.2 Å². The first kappa shape index (κ1) is 14.1. The third-order valence-corrected chi connectivity index (χ3v) is 7.68. The summed E-state index contributed by atoms with van der Waals surface area (Å²) in [4.78, 5) is 0. The van der Waals surface area contributed by atoms with Crippen molar-refractivity contribution in [3.8, 4) is 0 Å². The highest BCUT2D eigenvalue weighted by Crippen LogP contribution is 2.62. The van der Waals surface area contributed by atoms with Gasteiger partial charge in [-0.1, -0.05) is 42.6 Å². The SMILES string of the molecule is CC1(C)CCC2=C1CCC1C2CCC2=Cc3oncc3CC21C. The predicted octanol–water partition coefficient (Wildman–Crippen LogP) is 5.56. The van der Waals surface area contributed by atoms with E-state index in [1.165, 1.54) is 44.1 Å². The molecule has 0 amide bonds. The fourth-order valence-electron chi connectivity index (χ4n) is 6.36. The maximum absolute atomic E-state index is 5.45. The second-order valence-electron chi connectivity index (χ2n) is 9.16. The van der Waals surface area contributed by atoms with Crippen molar-refractivity contribution in [2.75, 3.05) is 0 Å². The Hall–Kier alpha value is -1.31. The topological polar surface area (TPSA) is 26.0 Å². The number of hydrogen-bond acceptors (Lipinski definition) is 2. The zero-order valence-corrected chi connectivity index (χ0v) is 14.6. The fourth-order valence-corrected chi connectivity index (χ4v) is 6.36. The van der Waals surface area contributed by atoms with E-state index >= 15 is 0 Å². The van der Waals surface area contributed by atoms with E-state index in [9.17, 15) is 0 Å². The molecule has 3 unspecified atom stereocenters. The Morgan fingerprint density at radius 3 is 2.87 bits per heavy atom. The molecule has 1 fully saturated rings. The molecule has 1 aromatic rings. The van der Waals surface area contributed by atoms with Crippen LogP contribution in [-0.2, 0) is 6.42 Å². The van der Waals surface area contributed by atoms with Crippen molar-refractivity contribution < 1.29 is 4.52 Å². The molecule has 0 spiro atoms. The molecule has 0 radical (unpaired) electrons. The van der Waals surface area contributed by atoms with Gasteiger partial charge < -0.3 is 4.52 Å². The lowest BCUT2D eigenvalue weighted by Gasteiger charge is -2.52. The van der Waals surface area contributed by atoms with Gasteiger partial charge in [0.25, 0.3) is 0 Å². The zero-order chi connectivity index (χ0) is 15.8. The number of fused-ring (bicyclic) bond motifs is 5. The van der Waals surface area contributed by atoms with Crippen LogP contribution in [0.4, 0.5) is 0 Å². The molecule has 1 aromatic heterocycles. The van der Waals surface area contributed by atoms with Crippen molar-refractivity contribution in [1.29, 1.82) is 0 Å². The minimum absolute atomic E-state index is 0.326. The monoisotopic (exact) mass is 309 g/mol. The summed E-state index contributed by atoms with van der Waals surface area (Å²) >= 11 is 0. The zero-order valence-electron chi connectivity index (χ0n) is 14.6. The predicted molar refractivity (Wildman–Crippen MR) is 91.8 cm³/mol. The van der Waals surface area contributed by atoms with Crippen LogP contribution in [0.5, 0.6) is 0 Å². The molecular weight excluding hydrogens is 282 g/mol.